The molecule has 1 amide bonds. The minimum Gasteiger partial charge on any atom is -0.365 e. The van der Waals surface area contributed by atoms with Gasteiger partial charge in [-0.2, -0.15) is 0 Å². The van der Waals surface area contributed by atoms with Gasteiger partial charge in [0, 0.05) is 26.3 Å². The molecule has 0 saturated carbocycles. The number of anilines is 1. The predicted octanol–water partition coefficient (Wildman–Crippen LogP) is 1.29. The van der Waals surface area contributed by atoms with E-state index < -0.39 is 0 Å². The van der Waals surface area contributed by atoms with Crippen molar-refractivity contribution in [2.45, 2.75) is 20.4 Å². The molecule has 18 heavy (non-hydrogen) atoms. The van der Waals surface area contributed by atoms with Gasteiger partial charge in [-0.1, -0.05) is 13.0 Å². The minimum absolute atomic E-state index is 0.0203. The first-order valence-electron chi connectivity index (χ1n) is 6.30. The Labute approximate surface area is 109 Å². The summed E-state index contributed by atoms with van der Waals surface area (Å²) in [5, 5.41) is 5.95. The number of amides is 1. The molecule has 0 aliphatic rings. The number of rotatable bonds is 6. The van der Waals surface area contributed by atoms with Crippen molar-refractivity contribution in [3.8, 4) is 0 Å². The second-order valence-corrected chi connectivity index (χ2v) is 4.42. The fourth-order valence-corrected chi connectivity index (χ4v) is 1.76. The molecule has 0 aliphatic carbocycles. The van der Waals surface area contributed by atoms with Gasteiger partial charge in [0.05, 0.1) is 6.54 Å². The Kier molecular flexibility index (Phi) is 5.65. The summed E-state index contributed by atoms with van der Waals surface area (Å²) in [4.78, 5) is 13.3. The molecule has 0 unspecified atom stereocenters. The maximum absolute atomic E-state index is 11.3. The van der Waals surface area contributed by atoms with Crippen molar-refractivity contribution in [1.29, 1.82) is 0 Å². The van der Waals surface area contributed by atoms with Crippen LogP contribution in [0.2, 0.25) is 0 Å². The molecule has 0 atom stereocenters. The average molecular weight is 249 g/mol. The van der Waals surface area contributed by atoms with Gasteiger partial charge in [0.1, 0.15) is 0 Å². The molecule has 2 N–H and O–H groups in total. The summed E-state index contributed by atoms with van der Waals surface area (Å²) >= 11 is 0. The van der Waals surface area contributed by atoms with Crippen LogP contribution in [0.25, 0.3) is 0 Å². The van der Waals surface area contributed by atoms with Gasteiger partial charge in [-0.15, -0.1) is 0 Å². The summed E-state index contributed by atoms with van der Waals surface area (Å²) in [6.45, 7) is 6.44. The van der Waals surface area contributed by atoms with Crippen LogP contribution < -0.4 is 15.5 Å². The zero-order chi connectivity index (χ0) is 13.5. The highest BCUT2D eigenvalue weighted by Crippen LogP contribution is 2.18. The third-order valence-corrected chi connectivity index (χ3v) is 2.99. The predicted molar refractivity (Wildman–Crippen MR) is 75.9 cm³/mol. The van der Waals surface area contributed by atoms with E-state index in [1.54, 1.807) is 7.05 Å². The van der Waals surface area contributed by atoms with Gasteiger partial charge in [-0.05, 0) is 36.7 Å². The lowest BCUT2D eigenvalue weighted by molar-refractivity contribution is -0.119. The lowest BCUT2D eigenvalue weighted by Gasteiger charge is -2.19. The van der Waals surface area contributed by atoms with E-state index in [0.717, 1.165) is 18.8 Å². The third kappa shape index (κ3) is 4.04. The first-order valence-corrected chi connectivity index (χ1v) is 6.30. The molecule has 0 saturated heterocycles. The molecule has 1 aromatic carbocycles. The van der Waals surface area contributed by atoms with E-state index >= 15 is 0 Å². The summed E-state index contributed by atoms with van der Waals surface area (Å²) in [6.07, 6.45) is 0. The largest absolute Gasteiger partial charge is 0.365 e. The first kappa shape index (κ1) is 14.5. The number of hydrogen-bond donors (Lipinski definition) is 2. The number of carbonyl (C=O) groups excluding carboxylic acids is 1. The third-order valence-electron chi connectivity index (χ3n) is 2.99. The Balaban J connectivity index is 2.73. The number of likely N-dealkylation sites (N-methyl/N-ethyl adjacent to an activating group) is 2. The van der Waals surface area contributed by atoms with E-state index in [0.29, 0.717) is 6.54 Å². The summed E-state index contributed by atoms with van der Waals surface area (Å²) < 4.78 is 0. The molecule has 0 aromatic heterocycles. The van der Waals surface area contributed by atoms with Crippen LogP contribution >= 0.6 is 0 Å². The number of nitrogens with zero attached hydrogens (tertiary/aromatic N) is 1. The van der Waals surface area contributed by atoms with Gasteiger partial charge in [0.15, 0.2) is 0 Å². The fraction of sp³-hybridized carbons (Fsp3) is 0.500. The molecule has 4 nitrogen and oxygen atoms in total. The maximum atomic E-state index is 11.3. The Hall–Kier alpha value is -1.55. The number of hydrogen-bond acceptors (Lipinski definition) is 3. The summed E-state index contributed by atoms with van der Waals surface area (Å²) in [5.74, 6) is 0.0203. The second kappa shape index (κ2) is 7.01. The molecular formula is C14H23N3O. The summed E-state index contributed by atoms with van der Waals surface area (Å²) in [5.41, 5.74) is 3.61. The smallest absolute Gasteiger partial charge is 0.239 e. The lowest BCUT2D eigenvalue weighted by Crippen LogP contribution is -2.33. The molecule has 0 radical (unpaired) electrons. The highest BCUT2D eigenvalue weighted by atomic mass is 16.1. The number of benzene rings is 1. The Morgan fingerprint density at radius 1 is 1.39 bits per heavy atom. The monoisotopic (exact) mass is 249 g/mol. The zero-order valence-electron chi connectivity index (χ0n) is 11.7. The summed E-state index contributed by atoms with van der Waals surface area (Å²) in [7, 11) is 3.58. The zero-order valence-corrected chi connectivity index (χ0v) is 11.7. The van der Waals surface area contributed by atoms with Crippen LogP contribution in [0.5, 0.6) is 0 Å². The van der Waals surface area contributed by atoms with Crippen molar-refractivity contribution in [2.24, 2.45) is 0 Å². The molecule has 1 rings (SSSR count). The fourth-order valence-electron chi connectivity index (χ4n) is 1.76. The van der Waals surface area contributed by atoms with Crippen LogP contribution in [-0.2, 0) is 11.3 Å². The average Bonchev–Trinajstić information content (AvgIpc) is 2.37. The second-order valence-electron chi connectivity index (χ2n) is 4.42. The summed E-state index contributed by atoms with van der Waals surface area (Å²) in [6, 6.07) is 6.30. The van der Waals surface area contributed by atoms with Crippen LogP contribution in [0.3, 0.4) is 0 Å². The molecule has 0 bridgehead atoms. The normalized spacial score (nSPS) is 10.2. The molecule has 100 valence electrons. The van der Waals surface area contributed by atoms with E-state index in [9.17, 15) is 4.79 Å². The van der Waals surface area contributed by atoms with Crippen molar-refractivity contribution in [3.63, 3.8) is 0 Å². The van der Waals surface area contributed by atoms with Gasteiger partial charge < -0.3 is 15.5 Å². The first-order chi connectivity index (χ1) is 8.58. The highest BCUT2D eigenvalue weighted by molar-refractivity contribution is 5.80. The van der Waals surface area contributed by atoms with Gasteiger partial charge in [0.25, 0.3) is 0 Å². The molecule has 0 spiro atoms. The lowest BCUT2D eigenvalue weighted by atomic mass is 10.1. The van der Waals surface area contributed by atoms with E-state index in [2.05, 4.69) is 42.7 Å². The quantitative estimate of drug-likeness (QED) is 0.798. The topological polar surface area (TPSA) is 44.4 Å². The van der Waals surface area contributed by atoms with Gasteiger partial charge in [0.2, 0.25) is 5.91 Å². The molecule has 0 fully saturated rings. The van der Waals surface area contributed by atoms with E-state index in [1.807, 2.05) is 11.9 Å². The van der Waals surface area contributed by atoms with Crippen LogP contribution in [0.4, 0.5) is 5.69 Å². The Morgan fingerprint density at radius 2 is 2.11 bits per heavy atom. The van der Waals surface area contributed by atoms with E-state index in [1.165, 1.54) is 11.1 Å². The van der Waals surface area contributed by atoms with Crippen LogP contribution in [0.1, 0.15) is 18.1 Å². The van der Waals surface area contributed by atoms with E-state index in [-0.39, 0.29) is 5.91 Å². The Morgan fingerprint density at radius 3 is 2.67 bits per heavy atom. The van der Waals surface area contributed by atoms with E-state index in [4.69, 9.17) is 0 Å². The van der Waals surface area contributed by atoms with Crippen LogP contribution in [-0.4, -0.2) is 33.1 Å². The van der Waals surface area contributed by atoms with Crippen molar-refractivity contribution < 1.29 is 4.79 Å². The van der Waals surface area contributed by atoms with Crippen molar-refractivity contribution >= 4 is 11.6 Å². The number of nitrogens with one attached hydrogen (secondary N) is 2. The standard InChI is InChI=1S/C14H23N3O/c1-5-16-9-12-6-7-13(8-11(12)2)17(4)10-14(18)15-3/h6-8,16H,5,9-10H2,1-4H3,(H,15,18). The van der Waals surface area contributed by atoms with Crippen LogP contribution in [0.15, 0.2) is 18.2 Å². The molecular weight excluding hydrogens is 226 g/mol. The number of carbonyl (C=O) groups is 1. The molecule has 4 heteroatoms. The highest BCUT2D eigenvalue weighted by Gasteiger charge is 2.07. The van der Waals surface area contributed by atoms with Crippen molar-refractivity contribution in [2.75, 3.05) is 32.1 Å². The molecule has 0 aliphatic heterocycles. The van der Waals surface area contributed by atoms with Gasteiger partial charge in [-0.25, -0.2) is 0 Å². The van der Waals surface area contributed by atoms with Crippen LogP contribution in [0, 0.1) is 6.92 Å². The maximum Gasteiger partial charge on any atom is 0.239 e. The Bertz CT molecular complexity index is 404. The van der Waals surface area contributed by atoms with Gasteiger partial charge >= 0.3 is 0 Å². The van der Waals surface area contributed by atoms with Crippen molar-refractivity contribution in [1.82, 2.24) is 10.6 Å². The van der Waals surface area contributed by atoms with Gasteiger partial charge in [-0.3, -0.25) is 4.79 Å². The molecule has 1 aromatic rings. The van der Waals surface area contributed by atoms with Crippen molar-refractivity contribution in [3.05, 3.63) is 29.3 Å². The minimum atomic E-state index is 0.0203. The SMILES string of the molecule is CCNCc1ccc(N(C)CC(=O)NC)cc1C. The molecule has 0 heterocycles. The number of aryl methyl sites for hydroxylation is 1.